The highest BCUT2D eigenvalue weighted by atomic mass is 35.5. The predicted molar refractivity (Wildman–Crippen MR) is 164 cm³/mol. The lowest BCUT2D eigenvalue weighted by Gasteiger charge is -2.18. The normalized spacial score (nSPS) is 11.2. The molecule has 15 heteroatoms. The molecule has 0 saturated heterocycles. The van der Waals surface area contributed by atoms with E-state index in [2.05, 4.69) is 16.0 Å². The van der Waals surface area contributed by atoms with Crippen LogP contribution in [0.3, 0.4) is 0 Å². The topological polar surface area (TPSA) is 226 Å². The van der Waals surface area contributed by atoms with Crippen molar-refractivity contribution in [3.63, 3.8) is 0 Å². The Labute approximate surface area is 266 Å². The zero-order chi connectivity index (χ0) is 32.3. The zero-order valence-corrected chi connectivity index (χ0v) is 25.1. The van der Waals surface area contributed by atoms with E-state index >= 15 is 0 Å². The van der Waals surface area contributed by atoms with Gasteiger partial charge in [0.25, 0.3) is 0 Å². The molecule has 0 aliphatic heterocycles. The number of ether oxygens (including phenoxy) is 3. The average Bonchev–Trinajstić information content (AvgIpc) is 3.54. The van der Waals surface area contributed by atoms with Crippen LogP contribution in [0.25, 0.3) is 22.6 Å². The minimum absolute atomic E-state index is 0.0343. The van der Waals surface area contributed by atoms with Crippen molar-refractivity contribution in [3.8, 4) is 40.5 Å². The number of anilines is 1. The predicted octanol–water partition coefficient (Wildman–Crippen LogP) is 3.43. The molecule has 45 heavy (non-hydrogen) atoms. The van der Waals surface area contributed by atoms with E-state index in [1.165, 1.54) is 18.0 Å². The fraction of sp³-hybridized carbons (Fsp3) is 0.200. The number of hydrogen-bond donors (Lipinski definition) is 3. The van der Waals surface area contributed by atoms with Crippen molar-refractivity contribution >= 4 is 41.1 Å². The van der Waals surface area contributed by atoms with Gasteiger partial charge in [-0.25, -0.2) is 9.97 Å². The second-order valence-corrected chi connectivity index (χ2v) is 10.5. The maximum Gasteiger partial charge on any atom is 0.320 e. The third-order valence-electron chi connectivity index (χ3n) is 6.06. The Kier molecular flexibility index (Phi) is 11.3. The molecule has 230 valence electrons. The number of nitrogens with zero attached hydrogens (tertiary/aromatic N) is 4. The summed E-state index contributed by atoms with van der Waals surface area (Å²) in [5.74, 6) is -0.314. The number of benzene rings is 2. The van der Waals surface area contributed by atoms with Crippen molar-refractivity contribution in [2.45, 2.75) is 16.9 Å². The van der Waals surface area contributed by atoms with Crippen molar-refractivity contribution in [3.05, 3.63) is 76.6 Å². The summed E-state index contributed by atoms with van der Waals surface area (Å²) in [4.78, 5) is 31.9. The first kappa shape index (κ1) is 32.8. The quantitative estimate of drug-likeness (QED) is 0.140. The van der Waals surface area contributed by atoms with Crippen LogP contribution in [0.5, 0.6) is 5.75 Å². The summed E-state index contributed by atoms with van der Waals surface area (Å²) in [6, 6.07) is 17.7. The summed E-state index contributed by atoms with van der Waals surface area (Å²) < 4.78 is 21.4. The van der Waals surface area contributed by atoms with Crippen LogP contribution in [0.15, 0.2) is 64.2 Å². The number of pyridine rings is 1. The van der Waals surface area contributed by atoms with Gasteiger partial charge in [0.15, 0.2) is 6.10 Å². The first-order valence-electron chi connectivity index (χ1n) is 13.2. The number of halogens is 1. The third kappa shape index (κ3) is 8.50. The highest BCUT2D eigenvalue weighted by Crippen LogP contribution is 2.37. The van der Waals surface area contributed by atoms with Gasteiger partial charge in [-0.05, 0) is 42.0 Å². The van der Waals surface area contributed by atoms with E-state index in [9.17, 15) is 20.1 Å². The number of oxazole rings is 1. The third-order valence-corrected chi connectivity index (χ3v) is 7.32. The molecule has 2 aromatic carbocycles. The second-order valence-electron chi connectivity index (χ2n) is 9.13. The van der Waals surface area contributed by atoms with Crippen LogP contribution >= 0.6 is 23.4 Å². The molecule has 0 unspecified atom stereocenters. The number of nitrogens with two attached hydrogens (primary N) is 3. The van der Waals surface area contributed by atoms with Crippen LogP contribution in [0.1, 0.15) is 16.8 Å². The summed E-state index contributed by atoms with van der Waals surface area (Å²) in [5.41, 5.74) is 19.1. The van der Waals surface area contributed by atoms with Crippen LogP contribution in [0.2, 0.25) is 5.02 Å². The lowest BCUT2D eigenvalue weighted by atomic mass is 9.97. The standard InChI is InChI=1S/C30H26ClN7O6S/c31-19-5-1-18(2-6-19)29-37-20(13-43-29)16-45-30-24(10-33)27(23(9-32)28(36)38-30)17-3-7-21(8-4-17)41-14-22(44-26(40)12-35)15-42-25(39)11-34/h1-8,13,22H,11-12,14-16,34-35H2,(H2,36,38)/t22-/m0/s1. The molecule has 4 rings (SSSR count). The second kappa shape index (κ2) is 15.6. The minimum Gasteiger partial charge on any atom is -0.490 e. The zero-order valence-electron chi connectivity index (χ0n) is 23.6. The lowest BCUT2D eigenvalue weighted by molar-refractivity contribution is -0.158. The van der Waals surface area contributed by atoms with Gasteiger partial charge in [-0.2, -0.15) is 10.5 Å². The molecule has 6 N–H and O–H groups in total. The van der Waals surface area contributed by atoms with Gasteiger partial charge in [0.1, 0.15) is 53.8 Å². The van der Waals surface area contributed by atoms with Crippen molar-refractivity contribution < 1.29 is 28.2 Å². The Morgan fingerprint density at radius 3 is 2.24 bits per heavy atom. The van der Waals surface area contributed by atoms with Crippen LogP contribution in [0, 0.1) is 22.7 Å². The summed E-state index contributed by atoms with van der Waals surface area (Å²) in [6.07, 6.45) is 0.581. The van der Waals surface area contributed by atoms with E-state index in [0.29, 0.717) is 44.3 Å². The summed E-state index contributed by atoms with van der Waals surface area (Å²) in [5, 5.41) is 20.9. The molecule has 0 saturated carbocycles. The molecule has 0 bridgehead atoms. The molecule has 0 spiro atoms. The summed E-state index contributed by atoms with van der Waals surface area (Å²) in [7, 11) is 0. The first-order valence-corrected chi connectivity index (χ1v) is 14.6. The molecule has 0 fully saturated rings. The van der Waals surface area contributed by atoms with E-state index in [0.717, 1.165) is 5.56 Å². The fourth-order valence-electron chi connectivity index (χ4n) is 3.93. The smallest absolute Gasteiger partial charge is 0.320 e. The molecular formula is C30H26ClN7O6S. The van der Waals surface area contributed by atoms with E-state index in [4.69, 9.17) is 47.4 Å². The molecule has 0 radical (unpaired) electrons. The Morgan fingerprint density at radius 2 is 1.60 bits per heavy atom. The maximum absolute atomic E-state index is 11.7. The van der Waals surface area contributed by atoms with Crippen LogP contribution < -0.4 is 21.9 Å². The Bertz CT molecular complexity index is 1750. The first-order chi connectivity index (χ1) is 21.8. The average molecular weight is 648 g/mol. The maximum atomic E-state index is 11.7. The molecule has 4 aromatic rings. The van der Waals surface area contributed by atoms with Gasteiger partial charge in [0.2, 0.25) is 5.89 Å². The molecule has 0 amide bonds. The van der Waals surface area contributed by atoms with Gasteiger partial charge in [-0.15, -0.1) is 0 Å². The SMILES string of the molecule is N#Cc1c(N)nc(SCc2coc(-c3ccc(Cl)cc3)n2)c(C#N)c1-c1ccc(OC[C@@H](COC(=O)CN)OC(=O)CN)cc1. The van der Waals surface area contributed by atoms with Crippen molar-refractivity contribution in [1.29, 1.82) is 10.5 Å². The number of thioether (sulfide) groups is 1. The van der Waals surface area contributed by atoms with Gasteiger partial charge < -0.3 is 35.8 Å². The minimum atomic E-state index is -0.932. The van der Waals surface area contributed by atoms with Crippen molar-refractivity contribution in [2.24, 2.45) is 11.5 Å². The molecule has 2 heterocycles. The highest BCUT2D eigenvalue weighted by Gasteiger charge is 2.22. The van der Waals surface area contributed by atoms with Gasteiger partial charge in [-0.3, -0.25) is 9.59 Å². The molecule has 2 aromatic heterocycles. The molecule has 13 nitrogen and oxygen atoms in total. The molecule has 1 atom stereocenters. The Balaban J connectivity index is 1.52. The molecule has 0 aliphatic rings. The summed E-state index contributed by atoms with van der Waals surface area (Å²) >= 11 is 7.18. The number of rotatable bonds is 13. The van der Waals surface area contributed by atoms with Crippen molar-refractivity contribution in [1.82, 2.24) is 9.97 Å². The largest absolute Gasteiger partial charge is 0.490 e. The van der Waals surface area contributed by atoms with Gasteiger partial charge >= 0.3 is 11.9 Å². The fourth-order valence-corrected chi connectivity index (χ4v) is 4.93. The number of aromatic nitrogens is 2. The van der Waals surface area contributed by atoms with E-state index in [-0.39, 0.29) is 43.2 Å². The molecule has 0 aliphatic carbocycles. The van der Waals surface area contributed by atoms with Crippen LogP contribution in [0.4, 0.5) is 5.82 Å². The number of nitrogen functional groups attached to an aromatic ring is 1. The highest BCUT2D eigenvalue weighted by molar-refractivity contribution is 7.98. The number of hydrogen-bond acceptors (Lipinski definition) is 14. The monoisotopic (exact) mass is 647 g/mol. The van der Waals surface area contributed by atoms with Crippen LogP contribution in [-0.4, -0.2) is 54.3 Å². The van der Waals surface area contributed by atoms with E-state index < -0.39 is 18.0 Å². The number of carbonyl (C=O) groups is 2. The Hall–Kier alpha value is -5.12. The Morgan fingerprint density at radius 1 is 0.933 bits per heavy atom. The number of esters is 2. The van der Waals surface area contributed by atoms with Crippen LogP contribution in [-0.2, 0) is 24.8 Å². The van der Waals surface area contributed by atoms with Gasteiger partial charge in [0.05, 0.1) is 24.3 Å². The van der Waals surface area contributed by atoms with E-state index in [1.54, 1.807) is 48.5 Å². The van der Waals surface area contributed by atoms with Gasteiger partial charge in [-0.1, -0.05) is 35.5 Å². The van der Waals surface area contributed by atoms with E-state index in [1.807, 2.05) is 6.07 Å². The number of nitriles is 2. The number of carbonyl (C=O) groups excluding carboxylic acids is 2. The lowest BCUT2D eigenvalue weighted by Crippen LogP contribution is -2.34. The van der Waals surface area contributed by atoms with Crippen molar-refractivity contribution in [2.75, 3.05) is 32.0 Å². The molecular weight excluding hydrogens is 622 g/mol. The summed E-state index contributed by atoms with van der Waals surface area (Å²) in [6.45, 7) is -1.12. The van der Waals surface area contributed by atoms with Gasteiger partial charge in [0, 0.05) is 21.9 Å².